The summed E-state index contributed by atoms with van der Waals surface area (Å²) in [7, 11) is 5.23. The van der Waals surface area contributed by atoms with Crippen LogP contribution in [0.15, 0.2) is 0 Å². The van der Waals surface area contributed by atoms with Gasteiger partial charge in [-0.25, -0.2) is 0 Å². The average molecular weight is 188 g/mol. The Hall–Kier alpha value is -0.120. The van der Waals surface area contributed by atoms with Crippen molar-refractivity contribution in [1.82, 2.24) is 0 Å². The van der Waals surface area contributed by atoms with Crippen molar-refractivity contribution >= 4 is 0 Å². The normalized spacial score (nSPS) is 39.7. The molecule has 0 radical (unpaired) electrons. The molecule has 0 aromatic carbocycles. The number of ether oxygens (including phenoxy) is 3. The number of hydrogen-bond acceptors (Lipinski definition) is 3. The molecule has 0 saturated heterocycles. The third-order valence-electron chi connectivity index (χ3n) is 2.95. The van der Waals surface area contributed by atoms with Gasteiger partial charge in [0.15, 0.2) is 0 Å². The van der Waals surface area contributed by atoms with Gasteiger partial charge in [-0.05, 0) is 12.3 Å². The molecule has 3 nitrogen and oxygen atoms in total. The molecule has 0 heterocycles. The maximum atomic E-state index is 5.45. The Morgan fingerprint density at radius 2 is 1.69 bits per heavy atom. The van der Waals surface area contributed by atoms with Gasteiger partial charge < -0.3 is 14.2 Å². The second-order valence-electron chi connectivity index (χ2n) is 3.83. The molecule has 0 bridgehead atoms. The van der Waals surface area contributed by atoms with Crippen molar-refractivity contribution in [1.29, 1.82) is 0 Å². The fourth-order valence-corrected chi connectivity index (χ4v) is 2.41. The first kappa shape index (κ1) is 11.0. The van der Waals surface area contributed by atoms with E-state index < -0.39 is 0 Å². The van der Waals surface area contributed by atoms with Crippen LogP contribution in [0.4, 0.5) is 0 Å². The maximum absolute atomic E-state index is 5.45. The lowest BCUT2D eigenvalue weighted by Gasteiger charge is -2.23. The van der Waals surface area contributed by atoms with E-state index in [1.807, 2.05) is 0 Å². The molecular formula is C10H20O3. The van der Waals surface area contributed by atoms with Crippen molar-refractivity contribution in [3.63, 3.8) is 0 Å². The van der Waals surface area contributed by atoms with Gasteiger partial charge >= 0.3 is 0 Å². The Kier molecular flexibility index (Phi) is 4.16. The molecule has 4 atom stereocenters. The first-order valence-corrected chi connectivity index (χ1v) is 4.79. The molecule has 0 aliphatic heterocycles. The van der Waals surface area contributed by atoms with E-state index in [9.17, 15) is 0 Å². The van der Waals surface area contributed by atoms with E-state index in [1.165, 1.54) is 0 Å². The Morgan fingerprint density at radius 1 is 1.08 bits per heavy atom. The summed E-state index contributed by atoms with van der Waals surface area (Å²) in [5.41, 5.74) is 0. The average Bonchev–Trinajstić information content (AvgIpc) is 2.41. The molecular weight excluding hydrogens is 168 g/mol. The lowest BCUT2D eigenvalue weighted by molar-refractivity contribution is -0.0553. The summed E-state index contributed by atoms with van der Waals surface area (Å²) in [6.07, 6.45) is 1.55. The summed E-state index contributed by atoms with van der Waals surface area (Å²) in [6.45, 7) is 2.97. The van der Waals surface area contributed by atoms with Gasteiger partial charge in [0, 0.05) is 27.2 Å². The van der Waals surface area contributed by atoms with Crippen molar-refractivity contribution in [3.05, 3.63) is 0 Å². The Morgan fingerprint density at radius 3 is 2.15 bits per heavy atom. The number of hydrogen-bond donors (Lipinski definition) is 0. The monoisotopic (exact) mass is 188 g/mol. The lowest BCUT2D eigenvalue weighted by atomic mass is 10.1. The Bertz CT molecular complexity index is 149. The molecule has 1 aliphatic carbocycles. The zero-order valence-electron chi connectivity index (χ0n) is 8.95. The highest BCUT2D eigenvalue weighted by molar-refractivity contribution is 4.90. The van der Waals surface area contributed by atoms with Crippen molar-refractivity contribution in [2.24, 2.45) is 11.8 Å². The molecule has 1 fully saturated rings. The minimum Gasteiger partial charge on any atom is -0.384 e. The van der Waals surface area contributed by atoms with E-state index in [0.29, 0.717) is 11.8 Å². The molecule has 13 heavy (non-hydrogen) atoms. The lowest BCUT2D eigenvalue weighted by Crippen LogP contribution is -2.33. The second kappa shape index (κ2) is 4.94. The van der Waals surface area contributed by atoms with Crippen LogP contribution in [0.25, 0.3) is 0 Å². The van der Waals surface area contributed by atoms with Crippen LogP contribution in [0.3, 0.4) is 0 Å². The van der Waals surface area contributed by atoms with E-state index in [4.69, 9.17) is 14.2 Å². The highest BCUT2D eigenvalue weighted by atomic mass is 16.5. The second-order valence-corrected chi connectivity index (χ2v) is 3.83. The zero-order chi connectivity index (χ0) is 9.84. The molecule has 0 aromatic heterocycles. The minimum atomic E-state index is 0.194. The van der Waals surface area contributed by atoms with Crippen LogP contribution >= 0.6 is 0 Å². The highest BCUT2D eigenvalue weighted by Gasteiger charge is 2.41. The fraction of sp³-hybridized carbons (Fsp3) is 1.00. The van der Waals surface area contributed by atoms with Crippen molar-refractivity contribution in [2.75, 3.05) is 27.9 Å². The maximum Gasteiger partial charge on any atom is 0.0885 e. The number of rotatable bonds is 4. The first-order chi connectivity index (χ1) is 6.24. The molecule has 1 aliphatic rings. The van der Waals surface area contributed by atoms with Crippen LogP contribution in [0.1, 0.15) is 13.3 Å². The van der Waals surface area contributed by atoms with Crippen LogP contribution in [0.5, 0.6) is 0 Å². The molecule has 1 saturated carbocycles. The van der Waals surface area contributed by atoms with Crippen LogP contribution in [0.2, 0.25) is 0 Å². The van der Waals surface area contributed by atoms with E-state index >= 15 is 0 Å². The molecule has 1 rings (SSSR count). The van der Waals surface area contributed by atoms with Crippen LogP contribution in [0, 0.1) is 11.8 Å². The summed E-state index contributed by atoms with van der Waals surface area (Å²) in [5.74, 6) is 1.05. The third-order valence-corrected chi connectivity index (χ3v) is 2.95. The van der Waals surface area contributed by atoms with Gasteiger partial charge in [-0.15, -0.1) is 0 Å². The SMILES string of the molecule is COC[C@H]1C[C@@H](C)[C@@H](OC)C1OC. The van der Waals surface area contributed by atoms with Gasteiger partial charge in [0.1, 0.15) is 0 Å². The Balaban J connectivity index is 2.57. The van der Waals surface area contributed by atoms with Crippen molar-refractivity contribution in [2.45, 2.75) is 25.6 Å². The summed E-state index contributed by atoms with van der Waals surface area (Å²) in [5, 5.41) is 0. The van der Waals surface area contributed by atoms with Crippen LogP contribution in [-0.4, -0.2) is 40.1 Å². The van der Waals surface area contributed by atoms with Gasteiger partial charge in [0.2, 0.25) is 0 Å². The molecule has 78 valence electrons. The van der Waals surface area contributed by atoms with Crippen molar-refractivity contribution in [3.8, 4) is 0 Å². The smallest absolute Gasteiger partial charge is 0.0885 e. The predicted molar refractivity (Wildman–Crippen MR) is 50.7 cm³/mol. The summed E-state index contributed by atoms with van der Waals surface area (Å²) >= 11 is 0. The fourth-order valence-electron chi connectivity index (χ4n) is 2.41. The summed E-state index contributed by atoms with van der Waals surface area (Å²) in [6, 6.07) is 0. The van der Waals surface area contributed by atoms with Gasteiger partial charge in [0.25, 0.3) is 0 Å². The molecule has 0 amide bonds. The molecule has 0 N–H and O–H groups in total. The number of methoxy groups -OCH3 is 3. The zero-order valence-corrected chi connectivity index (χ0v) is 8.95. The molecule has 3 heteroatoms. The molecule has 0 spiro atoms. The highest BCUT2D eigenvalue weighted by Crippen LogP contribution is 2.35. The summed E-state index contributed by atoms with van der Waals surface area (Å²) in [4.78, 5) is 0. The largest absolute Gasteiger partial charge is 0.384 e. The van der Waals surface area contributed by atoms with E-state index in [1.54, 1.807) is 21.3 Å². The minimum absolute atomic E-state index is 0.194. The van der Waals surface area contributed by atoms with Gasteiger partial charge in [-0.1, -0.05) is 6.92 Å². The van der Waals surface area contributed by atoms with Crippen LogP contribution in [-0.2, 0) is 14.2 Å². The van der Waals surface area contributed by atoms with Crippen molar-refractivity contribution < 1.29 is 14.2 Å². The Labute approximate surface area is 80.4 Å². The van der Waals surface area contributed by atoms with E-state index in [-0.39, 0.29) is 12.2 Å². The molecule has 0 aromatic rings. The first-order valence-electron chi connectivity index (χ1n) is 4.79. The summed E-state index contributed by atoms with van der Waals surface area (Å²) < 4.78 is 16.0. The van der Waals surface area contributed by atoms with E-state index in [2.05, 4.69) is 6.92 Å². The van der Waals surface area contributed by atoms with E-state index in [0.717, 1.165) is 13.0 Å². The van der Waals surface area contributed by atoms with Gasteiger partial charge in [0.05, 0.1) is 18.8 Å². The quantitative estimate of drug-likeness (QED) is 0.666. The standard InChI is InChI=1S/C10H20O3/c1-7-5-8(6-11-2)10(13-4)9(7)12-3/h7-10H,5-6H2,1-4H3/t7-,8-,9-,10?/m1/s1. The van der Waals surface area contributed by atoms with Crippen LogP contribution < -0.4 is 0 Å². The van der Waals surface area contributed by atoms with Gasteiger partial charge in [-0.2, -0.15) is 0 Å². The van der Waals surface area contributed by atoms with Gasteiger partial charge in [-0.3, -0.25) is 0 Å². The topological polar surface area (TPSA) is 27.7 Å². The predicted octanol–water partition coefficient (Wildman–Crippen LogP) is 1.32. The molecule has 1 unspecified atom stereocenters. The third kappa shape index (κ3) is 2.22.